The van der Waals surface area contributed by atoms with Gasteiger partial charge in [-0.05, 0) is 18.2 Å². The molecule has 0 saturated carbocycles. The summed E-state index contributed by atoms with van der Waals surface area (Å²) in [7, 11) is -3.07. The van der Waals surface area contributed by atoms with E-state index in [1.54, 1.807) is 13.2 Å². The Morgan fingerprint density at radius 2 is 1.87 bits per heavy atom. The lowest BCUT2D eigenvalue weighted by molar-refractivity contribution is 0.381. The molecule has 0 aliphatic carbocycles. The van der Waals surface area contributed by atoms with Crippen LogP contribution in [0.2, 0.25) is 0 Å². The molecule has 0 aliphatic rings. The Kier molecular flexibility index (Phi) is 5.58. The van der Waals surface area contributed by atoms with Gasteiger partial charge in [0.05, 0.1) is 12.8 Å². The Morgan fingerprint density at radius 3 is 2.20 bits per heavy atom. The number of ether oxygens (including phenoxy) is 1. The van der Waals surface area contributed by atoms with Crippen molar-refractivity contribution in [1.29, 1.82) is 0 Å². The van der Waals surface area contributed by atoms with Gasteiger partial charge in [-0.25, -0.2) is 0 Å². The first-order valence-corrected chi connectivity index (χ1v) is 5.72. The van der Waals surface area contributed by atoms with Crippen LogP contribution in [-0.2, 0) is 10.4 Å². The van der Waals surface area contributed by atoms with Crippen molar-refractivity contribution in [1.82, 2.24) is 0 Å². The van der Waals surface area contributed by atoms with E-state index >= 15 is 0 Å². The first kappa shape index (κ1) is 14.2. The molecule has 0 aliphatic heterocycles. The fraction of sp³-hybridized carbons (Fsp3) is 0.143. The number of halogens is 1. The molecule has 1 aromatic carbocycles. The quantitative estimate of drug-likeness (QED) is 0.534. The summed E-state index contributed by atoms with van der Waals surface area (Å²) < 4.78 is 37.5. The monoisotopic (exact) mass is 299 g/mol. The summed E-state index contributed by atoms with van der Waals surface area (Å²) in [4.78, 5) is 0. The molecule has 6 nitrogen and oxygen atoms in total. The number of rotatable bonds is 1. The van der Waals surface area contributed by atoms with Crippen LogP contribution in [0.5, 0.6) is 5.75 Å². The van der Waals surface area contributed by atoms with E-state index in [2.05, 4.69) is 15.9 Å². The molecule has 1 aromatic rings. The molecule has 0 saturated heterocycles. The van der Waals surface area contributed by atoms with Crippen LogP contribution in [0.25, 0.3) is 0 Å². The van der Waals surface area contributed by atoms with Crippen molar-refractivity contribution < 1.29 is 22.3 Å². The molecule has 0 unspecified atom stereocenters. The predicted octanol–water partition coefficient (Wildman–Crippen LogP) is 1.39. The molecule has 0 heterocycles. The van der Waals surface area contributed by atoms with Crippen LogP contribution in [0.15, 0.2) is 22.7 Å². The van der Waals surface area contributed by atoms with Crippen LogP contribution < -0.4 is 10.5 Å². The molecule has 0 fully saturated rings. The Balaban J connectivity index is 0.000000336. The molecule has 0 spiro atoms. The molecule has 86 valence electrons. The molecule has 4 N–H and O–H groups in total. The van der Waals surface area contributed by atoms with E-state index in [0.29, 0.717) is 11.4 Å². The number of anilines is 1. The van der Waals surface area contributed by atoms with Crippen molar-refractivity contribution in [2.24, 2.45) is 0 Å². The topological polar surface area (TPSA) is 110 Å². The summed E-state index contributed by atoms with van der Waals surface area (Å²) in [6, 6.07) is 5.51. The molecule has 0 atom stereocenters. The van der Waals surface area contributed by atoms with E-state index < -0.39 is 10.4 Å². The minimum Gasteiger partial charge on any atom is -0.495 e. The van der Waals surface area contributed by atoms with Gasteiger partial charge >= 0.3 is 10.4 Å². The summed E-state index contributed by atoms with van der Waals surface area (Å²) in [5, 5.41) is 0. The Labute approximate surface area is 95.8 Å². The zero-order valence-corrected chi connectivity index (χ0v) is 10.1. The molecule has 8 heteroatoms. The van der Waals surface area contributed by atoms with Crippen LogP contribution in [0.3, 0.4) is 0 Å². The number of hydrogen-bond donors (Lipinski definition) is 3. The summed E-state index contributed by atoms with van der Waals surface area (Å²) in [5.41, 5.74) is 6.23. The highest BCUT2D eigenvalue weighted by Gasteiger charge is 1.96. The SMILES string of the molecule is COc1ccc(Br)cc1N.O=S(=O)(O)O. The van der Waals surface area contributed by atoms with Crippen LogP contribution >= 0.6 is 15.9 Å². The van der Waals surface area contributed by atoms with Gasteiger partial charge in [0.1, 0.15) is 5.75 Å². The maximum Gasteiger partial charge on any atom is 0.394 e. The minimum atomic E-state index is -4.67. The van der Waals surface area contributed by atoms with E-state index in [0.717, 1.165) is 4.47 Å². The minimum absolute atomic E-state index is 0.650. The molecule has 0 bridgehead atoms. The van der Waals surface area contributed by atoms with Gasteiger partial charge in [-0.2, -0.15) is 8.42 Å². The predicted molar refractivity (Wildman–Crippen MR) is 59.3 cm³/mol. The standard InChI is InChI=1S/C7H8BrNO.H2O4S/c1-10-7-3-2-5(8)4-6(7)9;1-5(2,3)4/h2-4H,9H2,1H3;(H2,1,2,3,4). The van der Waals surface area contributed by atoms with Crippen LogP contribution in [0, 0.1) is 0 Å². The van der Waals surface area contributed by atoms with Crippen LogP contribution in [-0.4, -0.2) is 24.6 Å². The Morgan fingerprint density at radius 1 is 1.40 bits per heavy atom. The van der Waals surface area contributed by atoms with Gasteiger partial charge in [-0.1, -0.05) is 15.9 Å². The second kappa shape index (κ2) is 5.91. The zero-order chi connectivity index (χ0) is 12.1. The third-order valence-corrected chi connectivity index (χ3v) is 1.68. The maximum atomic E-state index is 8.74. The van der Waals surface area contributed by atoms with E-state index in [-0.39, 0.29) is 0 Å². The lowest BCUT2D eigenvalue weighted by Crippen LogP contribution is -1.90. The third kappa shape index (κ3) is 8.18. The number of nitrogens with two attached hydrogens (primary N) is 1. The van der Waals surface area contributed by atoms with Crippen LogP contribution in [0.1, 0.15) is 0 Å². The summed E-state index contributed by atoms with van der Waals surface area (Å²) in [5.74, 6) is 0.711. The average molecular weight is 300 g/mol. The third-order valence-electron chi connectivity index (χ3n) is 1.19. The van der Waals surface area contributed by atoms with Crippen molar-refractivity contribution in [3.05, 3.63) is 22.7 Å². The summed E-state index contributed by atoms with van der Waals surface area (Å²) in [6.07, 6.45) is 0. The van der Waals surface area contributed by atoms with Gasteiger partial charge in [0.15, 0.2) is 0 Å². The van der Waals surface area contributed by atoms with E-state index in [4.69, 9.17) is 28.0 Å². The fourth-order valence-electron chi connectivity index (χ4n) is 0.705. The highest BCUT2D eigenvalue weighted by molar-refractivity contribution is 9.10. The van der Waals surface area contributed by atoms with Gasteiger partial charge in [0.2, 0.25) is 0 Å². The van der Waals surface area contributed by atoms with E-state index in [1.807, 2.05) is 12.1 Å². The Hall–Kier alpha value is -0.830. The van der Waals surface area contributed by atoms with Gasteiger partial charge in [-0.15, -0.1) is 0 Å². The second-order valence-electron chi connectivity index (χ2n) is 2.33. The lowest BCUT2D eigenvalue weighted by Gasteiger charge is -2.02. The van der Waals surface area contributed by atoms with Gasteiger partial charge in [0, 0.05) is 4.47 Å². The second-order valence-corrected chi connectivity index (χ2v) is 4.15. The van der Waals surface area contributed by atoms with Crippen molar-refractivity contribution >= 4 is 32.0 Å². The molecule has 0 amide bonds. The molecular weight excluding hydrogens is 290 g/mol. The molecule has 15 heavy (non-hydrogen) atoms. The maximum absolute atomic E-state index is 8.74. The van der Waals surface area contributed by atoms with Gasteiger partial charge in [-0.3, -0.25) is 9.11 Å². The highest BCUT2D eigenvalue weighted by Crippen LogP contribution is 2.24. The number of nitrogen functional groups attached to an aromatic ring is 1. The smallest absolute Gasteiger partial charge is 0.394 e. The van der Waals surface area contributed by atoms with Crippen LogP contribution in [0.4, 0.5) is 5.69 Å². The summed E-state index contributed by atoms with van der Waals surface area (Å²) >= 11 is 3.29. The average Bonchev–Trinajstić information content (AvgIpc) is 2.01. The Bertz CT molecular complexity index is 411. The zero-order valence-electron chi connectivity index (χ0n) is 7.71. The number of methoxy groups -OCH3 is 1. The normalized spacial score (nSPS) is 10.1. The molecule has 1 rings (SSSR count). The summed E-state index contributed by atoms with van der Waals surface area (Å²) in [6.45, 7) is 0. The largest absolute Gasteiger partial charge is 0.495 e. The highest BCUT2D eigenvalue weighted by atomic mass is 79.9. The first-order chi connectivity index (χ1) is 6.74. The van der Waals surface area contributed by atoms with Crippen molar-refractivity contribution in [2.45, 2.75) is 0 Å². The lowest BCUT2D eigenvalue weighted by atomic mass is 10.3. The van der Waals surface area contributed by atoms with Crippen molar-refractivity contribution in [3.63, 3.8) is 0 Å². The van der Waals surface area contributed by atoms with E-state index in [9.17, 15) is 0 Å². The number of benzene rings is 1. The van der Waals surface area contributed by atoms with Gasteiger partial charge < -0.3 is 10.5 Å². The fourth-order valence-corrected chi connectivity index (χ4v) is 1.08. The first-order valence-electron chi connectivity index (χ1n) is 3.53. The van der Waals surface area contributed by atoms with E-state index in [1.165, 1.54) is 0 Å². The van der Waals surface area contributed by atoms with Crippen molar-refractivity contribution in [3.8, 4) is 5.75 Å². The molecule has 0 radical (unpaired) electrons. The molecule has 0 aromatic heterocycles. The van der Waals surface area contributed by atoms with Gasteiger partial charge in [0.25, 0.3) is 0 Å². The molecular formula is C7H10BrNO5S. The van der Waals surface area contributed by atoms with Crippen molar-refractivity contribution in [2.75, 3.05) is 12.8 Å². The number of hydrogen-bond acceptors (Lipinski definition) is 4.